The van der Waals surface area contributed by atoms with Crippen LogP contribution in [0.5, 0.6) is 0 Å². The molecule has 0 bridgehead atoms. The van der Waals surface area contributed by atoms with Gasteiger partial charge in [-0.1, -0.05) is 5.21 Å². The first-order valence-electron chi connectivity index (χ1n) is 4.43. The summed E-state index contributed by atoms with van der Waals surface area (Å²) in [5, 5.41) is 25.5. The Hall–Kier alpha value is -1.47. The Bertz CT molecular complexity index is 366. The number of hydrogen-bond acceptors (Lipinski definition) is 5. The molecule has 4 N–H and O–H groups in total. The fourth-order valence-electron chi connectivity index (χ4n) is 1.19. The highest BCUT2D eigenvalue weighted by atomic mass is 16.4. The monoisotopic (exact) mass is 214 g/mol. The van der Waals surface area contributed by atoms with Crippen LogP contribution in [0.25, 0.3) is 0 Å². The Morgan fingerprint density at radius 1 is 1.60 bits per heavy atom. The van der Waals surface area contributed by atoms with Gasteiger partial charge in [0.25, 0.3) is 0 Å². The largest absolute Gasteiger partial charge is 0.476 e. The number of aromatic nitrogens is 3. The average Bonchev–Trinajstić information content (AvgIpc) is 2.44. The minimum Gasteiger partial charge on any atom is -0.476 e. The molecule has 1 aromatic rings. The van der Waals surface area contributed by atoms with Crippen molar-refractivity contribution in [1.29, 1.82) is 0 Å². The van der Waals surface area contributed by atoms with Crippen molar-refractivity contribution in [3.63, 3.8) is 0 Å². The summed E-state index contributed by atoms with van der Waals surface area (Å²) >= 11 is 0. The van der Waals surface area contributed by atoms with Crippen LogP contribution >= 0.6 is 0 Å². The van der Waals surface area contributed by atoms with Gasteiger partial charge in [0, 0.05) is 6.54 Å². The zero-order valence-corrected chi connectivity index (χ0v) is 8.64. The van der Waals surface area contributed by atoms with Gasteiger partial charge < -0.3 is 15.9 Å². The Labute approximate surface area is 86.5 Å². The molecule has 0 unspecified atom stereocenters. The minimum absolute atomic E-state index is 0.0186. The van der Waals surface area contributed by atoms with E-state index >= 15 is 0 Å². The smallest absolute Gasteiger partial charge is 0.358 e. The molecule has 1 heterocycles. The molecular formula is C8H14N4O3. The minimum atomic E-state index is -1.17. The molecule has 0 atom stereocenters. The fourth-order valence-corrected chi connectivity index (χ4v) is 1.19. The average molecular weight is 214 g/mol. The standard InChI is InChI=1S/C8H14N4O3/c1-8(2,15)4-12-5(3-9)6(7(13)14)10-11-12/h15H,3-4,9H2,1-2H3,(H,13,14). The number of hydrogen-bond donors (Lipinski definition) is 3. The third-order valence-corrected chi connectivity index (χ3v) is 1.77. The maximum atomic E-state index is 10.7. The molecule has 0 fully saturated rings. The Morgan fingerprint density at radius 3 is 2.60 bits per heavy atom. The lowest BCUT2D eigenvalue weighted by Gasteiger charge is -2.17. The maximum Gasteiger partial charge on any atom is 0.358 e. The zero-order chi connectivity index (χ0) is 11.6. The van der Waals surface area contributed by atoms with E-state index in [-0.39, 0.29) is 18.8 Å². The number of rotatable bonds is 4. The van der Waals surface area contributed by atoms with E-state index in [0.717, 1.165) is 0 Å². The second-order valence-electron chi connectivity index (χ2n) is 3.86. The zero-order valence-electron chi connectivity index (χ0n) is 8.64. The second-order valence-corrected chi connectivity index (χ2v) is 3.86. The van der Waals surface area contributed by atoms with Crippen LogP contribution < -0.4 is 5.73 Å². The molecule has 0 aliphatic rings. The van der Waals surface area contributed by atoms with Gasteiger partial charge in [0.15, 0.2) is 5.69 Å². The van der Waals surface area contributed by atoms with Crippen molar-refractivity contribution in [2.45, 2.75) is 32.5 Å². The number of aliphatic hydroxyl groups is 1. The van der Waals surface area contributed by atoms with Gasteiger partial charge in [0.05, 0.1) is 17.8 Å². The second kappa shape index (κ2) is 3.95. The summed E-state index contributed by atoms with van der Waals surface area (Å²) in [5.41, 5.74) is 4.56. The van der Waals surface area contributed by atoms with Crippen LogP contribution in [0.3, 0.4) is 0 Å². The van der Waals surface area contributed by atoms with Crippen LogP contribution in [0, 0.1) is 0 Å². The van der Waals surface area contributed by atoms with Gasteiger partial charge in [-0.15, -0.1) is 5.10 Å². The summed E-state index contributed by atoms with van der Waals surface area (Å²) in [6.45, 7) is 3.36. The van der Waals surface area contributed by atoms with Crippen LogP contribution in [0.4, 0.5) is 0 Å². The van der Waals surface area contributed by atoms with Gasteiger partial charge in [-0.25, -0.2) is 9.48 Å². The van der Waals surface area contributed by atoms with Crippen LogP contribution in [-0.2, 0) is 13.1 Å². The fraction of sp³-hybridized carbons (Fsp3) is 0.625. The SMILES string of the molecule is CC(C)(O)Cn1nnc(C(=O)O)c1CN. The van der Waals surface area contributed by atoms with Crippen LogP contribution in [0.1, 0.15) is 30.0 Å². The number of carboxylic acids is 1. The quantitative estimate of drug-likeness (QED) is 0.605. The number of carboxylic acid groups (broad SMARTS) is 1. The highest BCUT2D eigenvalue weighted by molar-refractivity contribution is 5.86. The summed E-state index contributed by atoms with van der Waals surface area (Å²) in [6, 6.07) is 0. The van der Waals surface area contributed by atoms with Crippen LogP contribution in [-0.4, -0.2) is 36.8 Å². The molecule has 0 aliphatic carbocycles. The number of nitrogens with zero attached hydrogens (tertiary/aromatic N) is 3. The summed E-state index contributed by atoms with van der Waals surface area (Å²) in [4.78, 5) is 10.7. The van der Waals surface area contributed by atoms with Crippen LogP contribution in [0.2, 0.25) is 0 Å². The van der Waals surface area contributed by atoms with E-state index in [1.54, 1.807) is 13.8 Å². The molecule has 0 spiro atoms. The summed E-state index contributed by atoms with van der Waals surface area (Å²) in [6.07, 6.45) is 0. The van der Waals surface area contributed by atoms with E-state index in [1.165, 1.54) is 4.68 Å². The van der Waals surface area contributed by atoms with Gasteiger partial charge in [0.1, 0.15) is 0 Å². The van der Waals surface area contributed by atoms with Crippen molar-refractivity contribution in [2.75, 3.05) is 0 Å². The molecule has 0 radical (unpaired) electrons. The molecule has 7 heteroatoms. The normalized spacial score (nSPS) is 11.7. The lowest BCUT2D eigenvalue weighted by molar-refractivity contribution is 0.0559. The van der Waals surface area contributed by atoms with Crippen molar-refractivity contribution in [3.05, 3.63) is 11.4 Å². The first-order valence-corrected chi connectivity index (χ1v) is 4.43. The highest BCUT2D eigenvalue weighted by Crippen LogP contribution is 2.10. The van der Waals surface area contributed by atoms with Gasteiger partial charge in [-0.3, -0.25) is 0 Å². The summed E-state index contributed by atoms with van der Waals surface area (Å²) in [5.74, 6) is -1.17. The number of carbonyl (C=O) groups is 1. The maximum absolute atomic E-state index is 10.7. The lowest BCUT2D eigenvalue weighted by Crippen LogP contribution is -2.28. The van der Waals surface area contributed by atoms with E-state index in [0.29, 0.717) is 5.69 Å². The van der Waals surface area contributed by atoms with E-state index in [9.17, 15) is 9.90 Å². The number of aromatic carboxylic acids is 1. The number of nitrogens with two attached hydrogens (primary N) is 1. The topological polar surface area (TPSA) is 114 Å². The summed E-state index contributed by atoms with van der Waals surface area (Å²) < 4.78 is 1.31. The highest BCUT2D eigenvalue weighted by Gasteiger charge is 2.21. The third-order valence-electron chi connectivity index (χ3n) is 1.77. The first kappa shape index (κ1) is 11.6. The predicted octanol–water partition coefficient (Wildman–Crippen LogP) is -0.794. The molecule has 0 amide bonds. The van der Waals surface area contributed by atoms with Crippen LogP contribution in [0.15, 0.2) is 0 Å². The van der Waals surface area contributed by atoms with Crippen molar-refractivity contribution in [3.8, 4) is 0 Å². The van der Waals surface area contributed by atoms with Gasteiger partial charge in [-0.05, 0) is 13.8 Å². The Balaban J connectivity index is 3.05. The predicted molar refractivity (Wildman–Crippen MR) is 51.2 cm³/mol. The van der Waals surface area contributed by atoms with E-state index < -0.39 is 11.6 Å². The Morgan fingerprint density at radius 2 is 2.20 bits per heavy atom. The Kier molecular flexibility index (Phi) is 3.06. The first-order chi connectivity index (χ1) is 6.85. The van der Waals surface area contributed by atoms with E-state index in [2.05, 4.69) is 10.3 Å². The molecule has 15 heavy (non-hydrogen) atoms. The molecular weight excluding hydrogens is 200 g/mol. The molecule has 1 aromatic heterocycles. The van der Waals surface area contributed by atoms with E-state index in [4.69, 9.17) is 10.8 Å². The molecule has 0 aromatic carbocycles. The third kappa shape index (κ3) is 2.74. The molecule has 84 valence electrons. The molecule has 0 aliphatic heterocycles. The molecule has 0 saturated carbocycles. The molecule has 0 saturated heterocycles. The van der Waals surface area contributed by atoms with Crippen molar-refractivity contribution in [1.82, 2.24) is 15.0 Å². The molecule has 7 nitrogen and oxygen atoms in total. The van der Waals surface area contributed by atoms with Crippen molar-refractivity contribution < 1.29 is 15.0 Å². The summed E-state index contributed by atoms with van der Waals surface area (Å²) in [7, 11) is 0. The van der Waals surface area contributed by atoms with Gasteiger partial charge >= 0.3 is 5.97 Å². The van der Waals surface area contributed by atoms with Crippen molar-refractivity contribution >= 4 is 5.97 Å². The molecule has 1 rings (SSSR count). The van der Waals surface area contributed by atoms with Gasteiger partial charge in [0.2, 0.25) is 0 Å². The van der Waals surface area contributed by atoms with Gasteiger partial charge in [-0.2, -0.15) is 0 Å². The van der Waals surface area contributed by atoms with Crippen molar-refractivity contribution in [2.24, 2.45) is 5.73 Å². The van der Waals surface area contributed by atoms with E-state index in [1.807, 2.05) is 0 Å². The lowest BCUT2D eigenvalue weighted by atomic mass is 10.1.